The van der Waals surface area contributed by atoms with Gasteiger partial charge >= 0.3 is 5.97 Å². The normalized spacial score (nSPS) is 9.23. The Bertz CT molecular complexity index is 639. The molecule has 0 atom stereocenters. The summed E-state index contributed by atoms with van der Waals surface area (Å²) >= 11 is 0.981. The Balaban J connectivity index is 0.00000102. The van der Waals surface area contributed by atoms with E-state index >= 15 is 0 Å². The van der Waals surface area contributed by atoms with Crippen LogP contribution in [-0.4, -0.2) is 11.1 Å². The van der Waals surface area contributed by atoms with Gasteiger partial charge in [-0.3, -0.25) is 0 Å². The summed E-state index contributed by atoms with van der Waals surface area (Å²) in [5.74, 6) is -3.30. The Morgan fingerprint density at radius 1 is 1.09 bits per heavy atom. The number of nitrogen functional groups attached to an aromatic ring is 1. The van der Waals surface area contributed by atoms with Crippen LogP contribution >= 0.6 is 11.3 Å². The van der Waals surface area contributed by atoms with E-state index in [0.717, 1.165) is 11.3 Å². The van der Waals surface area contributed by atoms with Crippen LogP contribution in [0.1, 0.15) is 43.6 Å². The quantitative estimate of drug-likeness (QED) is 0.782. The fourth-order valence-electron chi connectivity index (χ4n) is 1.65. The monoisotopic (exact) mass is 329 g/mol. The van der Waals surface area contributed by atoms with Gasteiger partial charge in [0.15, 0.2) is 11.6 Å². The van der Waals surface area contributed by atoms with E-state index in [0.29, 0.717) is 0 Å². The van der Waals surface area contributed by atoms with E-state index in [4.69, 9.17) is 10.8 Å². The summed E-state index contributed by atoms with van der Waals surface area (Å²) in [7, 11) is 0. The van der Waals surface area contributed by atoms with Crippen LogP contribution in [0.3, 0.4) is 0 Å². The van der Waals surface area contributed by atoms with Gasteiger partial charge in [-0.1, -0.05) is 39.8 Å². The van der Waals surface area contributed by atoms with Crippen LogP contribution in [0.2, 0.25) is 0 Å². The molecule has 6 heteroatoms. The molecule has 0 fully saturated rings. The smallest absolute Gasteiger partial charge is 0.339 e. The number of halogens is 2. The number of thiophene rings is 1. The van der Waals surface area contributed by atoms with Crippen molar-refractivity contribution >= 4 is 22.3 Å². The zero-order chi connectivity index (χ0) is 17.4. The molecule has 0 bridgehead atoms. The van der Waals surface area contributed by atoms with Gasteiger partial charge in [-0.25, -0.2) is 13.6 Å². The summed E-state index contributed by atoms with van der Waals surface area (Å²) in [5, 5.41) is 10.5. The molecule has 1 heterocycles. The predicted molar refractivity (Wildman–Crippen MR) is 88.5 cm³/mol. The molecule has 3 nitrogen and oxygen atoms in total. The van der Waals surface area contributed by atoms with Crippen LogP contribution in [0.5, 0.6) is 0 Å². The Morgan fingerprint density at radius 2 is 1.64 bits per heavy atom. The molecule has 0 amide bonds. The van der Waals surface area contributed by atoms with Gasteiger partial charge in [0.2, 0.25) is 0 Å². The Morgan fingerprint density at radius 3 is 2.14 bits per heavy atom. The summed E-state index contributed by atoms with van der Waals surface area (Å²) in [5.41, 5.74) is 5.49. The SMILES string of the molecule is CC.CC.Cc1ccc(-c2csc(N)c2C(=O)O)c(F)c1F. The molecule has 0 radical (unpaired) electrons. The summed E-state index contributed by atoms with van der Waals surface area (Å²) in [6.07, 6.45) is 0. The van der Waals surface area contributed by atoms with Gasteiger partial charge in [-0.15, -0.1) is 11.3 Å². The molecular formula is C16H21F2NO2S. The van der Waals surface area contributed by atoms with Gasteiger partial charge in [0.05, 0.1) is 0 Å². The molecule has 0 spiro atoms. The van der Waals surface area contributed by atoms with Gasteiger partial charge in [0, 0.05) is 16.5 Å². The first-order valence-electron chi connectivity index (χ1n) is 6.98. The number of anilines is 1. The molecule has 2 aromatic rings. The average molecular weight is 329 g/mol. The summed E-state index contributed by atoms with van der Waals surface area (Å²) < 4.78 is 27.3. The van der Waals surface area contributed by atoms with E-state index < -0.39 is 17.6 Å². The number of benzene rings is 1. The Kier molecular flexibility index (Phi) is 8.34. The van der Waals surface area contributed by atoms with Crippen LogP contribution in [0.25, 0.3) is 11.1 Å². The van der Waals surface area contributed by atoms with E-state index in [-0.39, 0.29) is 27.3 Å². The van der Waals surface area contributed by atoms with Gasteiger partial charge < -0.3 is 10.8 Å². The number of nitrogens with two attached hydrogens (primary N) is 1. The number of aromatic carboxylic acids is 1. The number of rotatable bonds is 2. The third-order valence-electron chi connectivity index (χ3n) is 2.60. The van der Waals surface area contributed by atoms with Crippen LogP contribution < -0.4 is 5.73 Å². The first-order valence-corrected chi connectivity index (χ1v) is 7.86. The molecule has 0 saturated carbocycles. The van der Waals surface area contributed by atoms with Crippen molar-refractivity contribution in [1.82, 2.24) is 0 Å². The van der Waals surface area contributed by atoms with E-state index in [2.05, 4.69) is 0 Å². The third-order valence-corrected chi connectivity index (χ3v) is 3.41. The topological polar surface area (TPSA) is 63.3 Å². The zero-order valence-corrected chi connectivity index (χ0v) is 14.1. The molecule has 0 saturated heterocycles. The van der Waals surface area contributed by atoms with E-state index in [1.165, 1.54) is 24.4 Å². The maximum absolute atomic E-state index is 13.8. The molecule has 1 aromatic carbocycles. The molecular weight excluding hydrogens is 308 g/mol. The van der Waals surface area contributed by atoms with Crippen molar-refractivity contribution in [1.29, 1.82) is 0 Å². The minimum absolute atomic E-state index is 0.0675. The van der Waals surface area contributed by atoms with E-state index in [1.807, 2.05) is 27.7 Å². The Labute approximate surface area is 133 Å². The van der Waals surface area contributed by atoms with Crippen LogP contribution in [0, 0.1) is 18.6 Å². The summed E-state index contributed by atoms with van der Waals surface area (Å²) in [6.45, 7) is 9.43. The highest BCUT2D eigenvalue weighted by molar-refractivity contribution is 7.14. The molecule has 22 heavy (non-hydrogen) atoms. The second-order valence-electron chi connectivity index (χ2n) is 3.75. The fourth-order valence-corrected chi connectivity index (χ4v) is 2.45. The number of hydrogen-bond acceptors (Lipinski definition) is 3. The maximum Gasteiger partial charge on any atom is 0.339 e. The molecule has 0 unspecified atom stereocenters. The minimum Gasteiger partial charge on any atom is -0.478 e. The van der Waals surface area contributed by atoms with Gasteiger partial charge in [0.1, 0.15) is 10.6 Å². The number of aryl methyl sites for hydroxylation is 1. The van der Waals surface area contributed by atoms with E-state index in [1.54, 1.807) is 0 Å². The van der Waals surface area contributed by atoms with Gasteiger partial charge in [0.25, 0.3) is 0 Å². The van der Waals surface area contributed by atoms with Crippen molar-refractivity contribution in [2.75, 3.05) is 5.73 Å². The van der Waals surface area contributed by atoms with Crippen LogP contribution in [0.4, 0.5) is 13.8 Å². The molecule has 0 aliphatic rings. The van der Waals surface area contributed by atoms with Crippen LogP contribution in [0.15, 0.2) is 17.5 Å². The summed E-state index contributed by atoms with van der Waals surface area (Å²) in [4.78, 5) is 11.1. The summed E-state index contributed by atoms with van der Waals surface area (Å²) in [6, 6.07) is 2.74. The van der Waals surface area contributed by atoms with E-state index in [9.17, 15) is 13.6 Å². The first kappa shape index (κ1) is 20.1. The molecule has 0 aliphatic carbocycles. The zero-order valence-electron chi connectivity index (χ0n) is 13.3. The largest absolute Gasteiger partial charge is 0.478 e. The third kappa shape index (κ3) is 4.04. The molecule has 1 aromatic heterocycles. The second-order valence-corrected chi connectivity index (χ2v) is 4.66. The molecule has 2 rings (SSSR count). The van der Waals surface area contributed by atoms with Crippen molar-refractivity contribution in [3.63, 3.8) is 0 Å². The van der Waals surface area contributed by atoms with Crippen molar-refractivity contribution in [3.05, 3.63) is 40.3 Å². The lowest BCUT2D eigenvalue weighted by Crippen LogP contribution is -2.02. The van der Waals surface area contributed by atoms with Crippen molar-refractivity contribution < 1.29 is 18.7 Å². The maximum atomic E-state index is 13.8. The van der Waals surface area contributed by atoms with Crippen molar-refractivity contribution in [3.8, 4) is 11.1 Å². The average Bonchev–Trinajstić information content (AvgIpc) is 2.91. The first-order chi connectivity index (χ1) is 10.4. The number of carbonyl (C=O) groups is 1. The minimum atomic E-state index is -1.26. The predicted octanol–water partition coefficient (Wildman–Crippen LogP) is 5.33. The van der Waals surface area contributed by atoms with Crippen molar-refractivity contribution in [2.24, 2.45) is 0 Å². The number of hydrogen-bond donors (Lipinski definition) is 2. The number of carboxylic acid groups (broad SMARTS) is 1. The standard InChI is InChI=1S/C12H9F2NO2S.2C2H6/c1-5-2-3-6(10(14)9(5)13)7-4-18-11(15)8(7)12(16)17;2*1-2/h2-4H,15H2,1H3,(H,16,17);2*1-2H3. The van der Waals surface area contributed by atoms with Gasteiger partial charge in [-0.2, -0.15) is 0 Å². The lowest BCUT2D eigenvalue weighted by atomic mass is 10.0. The Hall–Kier alpha value is -1.95. The second kappa shape index (κ2) is 9.15. The highest BCUT2D eigenvalue weighted by atomic mass is 32.1. The molecule has 3 N–H and O–H groups in total. The number of carboxylic acids is 1. The molecule has 0 aliphatic heterocycles. The lowest BCUT2D eigenvalue weighted by Gasteiger charge is -2.06. The van der Waals surface area contributed by atoms with Crippen molar-refractivity contribution in [2.45, 2.75) is 34.6 Å². The highest BCUT2D eigenvalue weighted by Gasteiger charge is 2.21. The van der Waals surface area contributed by atoms with Crippen LogP contribution in [-0.2, 0) is 0 Å². The fraction of sp³-hybridized carbons (Fsp3) is 0.312. The van der Waals surface area contributed by atoms with Gasteiger partial charge in [-0.05, 0) is 12.5 Å². The lowest BCUT2D eigenvalue weighted by molar-refractivity contribution is 0.0699. The highest BCUT2D eigenvalue weighted by Crippen LogP contribution is 2.35. The molecule has 122 valence electrons.